The summed E-state index contributed by atoms with van der Waals surface area (Å²) in [5.41, 5.74) is 0.605. The number of amides is 1. The number of carbonyl (C=O) groups excluding carboxylic acids is 1. The Bertz CT molecular complexity index is 589. The Morgan fingerprint density at radius 1 is 1.11 bits per heavy atom. The highest BCUT2D eigenvalue weighted by atomic mass is 16.5. The molecule has 2 fully saturated rings. The van der Waals surface area contributed by atoms with Gasteiger partial charge in [0, 0.05) is 39.4 Å². The van der Waals surface area contributed by atoms with E-state index in [1.54, 1.807) is 26.4 Å². The molecule has 2 unspecified atom stereocenters. The second-order valence-corrected chi connectivity index (χ2v) is 8.02. The van der Waals surface area contributed by atoms with E-state index >= 15 is 0 Å². The van der Waals surface area contributed by atoms with Gasteiger partial charge in [0.25, 0.3) is 5.91 Å². The molecule has 156 valence electrons. The highest BCUT2D eigenvalue weighted by Gasteiger charge is 2.35. The molecule has 1 aromatic carbocycles. The van der Waals surface area contributed by atoms with Crippen LogP contribution in [0.25, 0.3) is 0 Å². The summed E-state index contributed by atoms with van der Waals surface area (Å²) in [4.78, 5) is 14.9. The van der Waals surface area contributed by atoms with Gasteiger partial charge in [0.2, 0.25) is 0 Å². The fraction of sp³-hybridized carbons (Fsp3) is 0.682. The van der Waals surface area contributed by atoms with E-state index < -0.39 is 0 Å². The van der Waals surface area contributed by atoms with Crippen LogP contribution >= 0.6 is 0 Å². The van der Waals surface area contributed by atoms with Crippen LogP contribution in [0.15, 0.2) is 24.3 Å². The Labute approximate surface area is 168 Å². The molecule has 0 radical (unpaired) electrons. The summed E-state index contributed by atoms with van der Waals surface area (Å²) < 4.78 is 16.1. The van der Waals surface area contributed by atoms with E-state index in [0.29, 0.717) is 25.4 Å². The molecule has 1 N–H and O–H groups in total. The quantitative estimate of drug-likeness (QED) is 0.589. The summed E-state index contributed by atoms with van der Waals surface area (Å²) in [6.45, 7) is 5.22. The molecule has 1 aliphatic carbocycles. The van der Waals surface area contributed by atoms with Crippen LogP contribution in [0.4, 0.5) is 0 Å². The Kier molecular flexibility index (Phi) is 8.13. The van der Waals surface area contributed by atoms with Crippen LogP contribution in [-0.4, -0.2) is 70.5 Å². The van der Waals surface area contributed by atoms with Crippen LogP contribution in [0.2, 0.25) is 0 Å². The second kappa shape index (κ2) is 10.8. The number of benzene rings is 1. The summed E-state index contributed by atoms with van der Waals surface area (Å²) in [6.07, 6.45) is 5.32. The first-order valence-corrected chi connectivity index (χ1v) is 10.4. The monoisotopic (exact) mass is 390 g/mol. The first kappa shape index (κ1) is 21.1. The maximum absolute atomic E-state index is 12.3. The molecule has 28 heavy (non-hydrogen) atoms. The van der Waals surface area contributed by atoms with Crippen molar-refractivity contribution in [3.63, 3.8) is 0 Å². The normalized spacial score (nSPS) is 21.8. The first-order chi connectivity index (χ1) is 13.7. The average Bonchev–Trinajstić information content (AvgIpc) is 3.28. The molecule has 1 saturated carbocycles. The zero-order valence-electron chi connectivity index (χ0n) is 17.2. The lowest BCUT2D eigenvalue weighted by atomic mass is 10.0. The molecule has 6 heteroatoms. The Balaban J connectivity index is 1.36. The van der Waals surface area contributed by atoms with Gasteiger partial charge in [-0.3, -0.25) is 4.79 Å². The van der Waals surface area contributed by atoms with Crippen LogP contribution < -0.4 is 10.1 Å². The number of nitrogens with zero attached hydrogens (tertiary/aromatic N) is 1. The fourth-order valence-electron chi connectivity index (χ4n) is 4.50. The van der Waals surface area contributed by atoms with Gasteiger partial charge < -0.3 is 24.4 Å². The van der Waals surface area contributed by atoms with Crippen molar-refractivity contribution in [2.45, 2.75) is 31.7 Å². The Hall–Kier alpha value is -1.63. The van der Waals surface area contributed by atoms with Crippen molar-refractivity contribution in [1.82, 2.24) is 10.2 Å². The highest BCUT2D eigenvalue weighted by molar-refractivity contribution is 5.94. The number of carbonyl (C=O) groups is 1. The van der Waals surface area contributed by atoms with Crippen LogP contribution in [0, 0.1) is 11.8 Å². The van der Waals surface area contributed by atoms with Gasteiger partial charge in [-0.1, -0.05) is 6.42 Å². The zero-order chi connectivity index (χ0) is 19.8. The second-order valence-electron chi connectivity index (χ2n) is 8.02. The number of likely N-dealkylation sites (tertiary alicyclic amines) is 1. The number of ether oxygens (including phenoxy) is 3. The lowest BCUT2D eigenvalue weighted by Gasteiger charge is -2.17. The third kappa shape index (κ3) is 5.93. The van der Waals surface area contributed by atoms with Crippen LogP contribution in [0.1, 0.15) is 36.0 Å². The topological polar surface area (TPSA) is 60.0 Å². The van der Waals surface area contributed by atoms with Crippen molar-refractivity contribution in [2.24, 2.45) is 11.8 Å². The molecule has 2 aliphatic rings. The SMILES string of the molecule is COCC(COC)NC(=O)c1ccc(OCCCN2CC3CCCC3C2)cc1. The van der Waals surface area contributed by atoms with Gasteiger partial charge in [-0.2, -0.15) is 0 Å². The fourth-order valence-corrected chi connectivity index (χ4v) is 4.50. The molecular formula is C22H34N2O4. The maximum Gasteiger partial charge on any atom is 0.251 e. The summed E-state index contributed by atoms with van der Waals surface area (Å²) >= 11 is 0. The minimum Gasteiger partial charge on any atom is -0.494 e. The van der Waals surface area contributed by atoms with Crippen LogP contribution in [0.5, 0.6) is 5.75 Å². The summed E-state index contributed by atoms with van der Waals surface area (Å²) in [5, 5.41) is 2.92. The zero-order valence-corrected chi connectivity index (χ0v) is 17.2. The van der Waals surface area contributed by atoms with E-state index in [-0.39, 0.29) is 11.9 Å². The number of hydrogen-bond acceptors (Lipinski definition) is 5. The largest absolute Gasteiger partial charge is 0.494 e. The predicted molar refractivity (Wildman–Crippen MR) is 109 cm³/mol. The Morgan fingerprint density at radius 2 is 1.75 bits per heavy atom. The van der Waals surface area contributed by atoms with E-state index in [1.165, 1.54) is 32.4 Å². The lowest BCUT2D eigenvalue weighted by molar-refractivity contribution is 0.0779. The van der Waals surface area contributed by atoms with Gasteiger partial charge in [0.05, 0.1) is 25.9 Å². The predicted octanol–water partition coefficient (Wildman–Crippen LogP) is 2.58. The van der Waals surface area contributed by atoms with E-state index in [1.807, 2.05) is 12.1 Å². The van der Waals surface area contributed by atoms with Crippen molar-refractivity contribution in [3.8, 4) is 5.75 Å². The van der Waals surface area contributed by atoms with Crippen molar-refractivity contribution in [3.05, 3.63) is 29.8 Å². The molecule has 6 nitrogen and oxygen atoms in total. The summed E-state index contributed by atoms with van der Waals surface area (Å²) in [5.74, 6) is 2.57. The smallest absolute Gasteiger partial charge is 0.251 e. The van der Waals surface area contributed by atoms with Gasteiger partial charge in [0.15, 0.2) is 0 Å². The molecule has 0 bridgehead atoms. The van der Waals surface area contributed by atoms with Crippen LogP contribution in [0.3, 0.4) is 0 Å². The maximum atomic E-state index is 12.3. The highest BCUT2D eigenvalue weighted by Crippen LogP contribution is 2.37. The van der Waals surface area contributed by atoms with Gasteiger partial charge in [-0.05, 0) is 55.4 Å². The van der Waals surface area contributed by atoms with Crippen molar-refractivity contribution >= 4 is 5.91 Å². The van der Waals surface area contributed by atoms with Gasteiger partial charge in [-0.15, -0.1) is 0 Å². The minimum absolute atomic E-state index is 0.134. The molecule has 2 atom stereocenters. The van der Waals surface area contributed by atoms with Gasteiger partial charge in [-0.25, -0.2) is 0 Å². The molecule has 3 rings (SSSR count). The summed E-state index contributed by atoms with van der Waals surface area (Å²) in [6, 6.07) is 7.14. The molecule has 0 spiro atoms. The van der Waals surface area contributed by atoms with E-state index in [9.17, 15) is 4.79 Å². The molecule has 1 heterocycles. The molecule has 1 saturated heterocycles. The molecular weight excluding hydrogens is 356 g/mol. The van der Waals surface area contributed by atoms with Gasteiger partial charge >= 0.3 is 0 Å². The number of hydrogen-bond donors (Lipinski definition) is 1. The molecule has 1 aromatic rings. The van der Waals surface area contributed by atoms with Crippen molar-refractivity contribution < 1.29 is 19.0 Å². The van der Waals surface area contributed by atoms with Crippen LogP contribution in [-0.2, 0) is 9.47 Å². The molecule has 1 amide bonds. The number of nitrogens with one attached hydrogen (secondary N) is 1. The first-order valence-electron chi connectivity index (χ1n) is 10.4. The van der Waals surface area contributed by atoms with E-state index in [0.717, 1.165) is 30.6 Å². The van der Waals surface area contributed by atoms with E-state index in [2.05, 4.69) is 10.2 Å². The van der Waals surface area contributed by atoms with Crippen molar-refractivity contribution in [1.29, 1.82) is 0 Å². The Morgan fingerprint density at radius 3 is 2.36 bits per heavy atom. The van der Waals surface area contributed by atoms with E-state index in [4.69, 9.17) is 14.2 Å². The number of rotatable bonds is 11. The standard InChI is InChI=1S/C22H34N2O4/c1-26-15-20(16-27-2)23-22(25)17-7-9-21(10-8-17)28-12-4-11-24-13-18-5-3-6-19(18)14-24/h7-10,18-20H,3-6,11-16H2,1-2H3,(H,23,25). The lowest BCUT2D eigenvalue weighted by Crippen LogP contribution is -2.41. The molecule has 1 aliphatic heterocycles. The third-order valence-corrected chi connectivity index (χ3v) is 5.88. The number of fused-ring (bicyclic) bond motifs is 1. The molecule has 0 aromatic heterocycles. The average molecular weight is 391 g/mol. The third-order valence-electron chi connectivity index (χ3n) is 5.88. The summed E-state index contributed by atoms with van der Waals surface area (Å²) in [7, 11) is 3.21. The number of methoxy groups -OCH3 is 2. The minimum atomic E-state index is -0.163. The van der Waals surface area contributed by atoms with Crippen molar-refractivity contribution in [2.75, 3.05) is 53.7 Å². The van der Waals surface area contributed by atoms with Gasteiger partial charge in [0.1, 0.15) is 5.75 Å².